The van der Waals surface area contributed by atoms with Crippen LogP contribution in [0.25, 0.3) is 83.3 Å². The number of benzene rings is 8. The third-order valence-electron chi connectivity index (χ3n) is 12.3. The predicted octanol–water partition coefficient (Wildman–Crippen LogP) is 13.3. The first-order valence-corrected chi connectivity index (χ1v) is 20.5. The van der Waals surface area contributed by atoms with Crippen molar-refractivity contribution in [1.29, 1.82) is 0 Å². The van der Waals surface area contributed by atoms with Gasteiger partial charge >= 0.3 is 0 Å². The standard InChI is InChI=1S/C56H44N2/c1-37-19-20-47-34-49(41-25-27-44(28-26-41)52-17-7-12-42-10-3-5-15-50(42)52)35-54(46-31-29-45(30-32-46)53-18-8-13-43-11-4-6-16-51(43)53)56(47)58-55(37)38(2)39-21-23-40(24-22-39)48-14-9-33-57-36-48/h3-18,20-38,55H,19H2,1-2H3. The van der Waals surface area contributed by atoms with Crippen LogP contribution < -0.4 is 10.6 Å². The second kappa shape index (κ2) is 15.2. The number of nitrogens with zero attached hydrogens (tertiary/aromatic N) is 2. The van der Waals surface area contributed by atoms with E-state index >= 15 is 0 Å². The first-order chi connectivity index (χ1) is 28.6. The lowest BCUT2D eigenvalue weighted by Crippen LogP contribution is -2.30. The molecular weight excluding hydrogens is 701 g/mol. The van der Waals surface area contributed by atoms with Crippen LogP contribution in [0.15, 0.2) is 199 Å². The molecule has 2 heterocycles. The van der Waals surface area contributed by atoms with E-state index in [1.807, 2.05) is 18.5 Å². The molecule has 0 N–H and O–H groups in total. The number of hydrogen-bond donors (Lipinski definition) is 0. The monoisotopic (exact) mass is 744 g/mol. The molecule has 1 aromatic heterocycles. The highest BCUT2D eigenvalue weighted by Gasteiger charge is 2.26. The number of aromatic nitrogens is 1. The fraction of sp³-hybridized carbons (Fsp3) is 0.107. The Morgan fingerprint density at radius 3 is 1.62 bits per heavy atom. The Hall–Kier alpha value is -6.90. The zero-order valence-electron chi connectivity index (χ0n) is 32.9. The fourth-order valence-electron chi connectivity index (χ4n) is 9.01. The normalized spacial score (nSPS) is 15.6. The maximum absolute atomic E-state index is 5.75. The molecule has 278 valence electrons. The summed E-state index contributed by atoms with van der Waals surface area (Å²) in [7, 11) is 0. The number of pyridine rings is 1. The molecule has 0 fully saturated rings. The van der Waals surface area contributed by atoms with Crippen LogP contribution in [0.5, 0.6) is 0 Å². The lowest BCUT2D eigenvalue weighted by atomic mass is 9.84. The van der Waals surface area contributed by atoms with E-state index < -0.39 is 0 Å². The van der Waals surface area contributed by atoms with E-state index in [0.717, 1.165) is 17.3 Å². The molecule has 0 bridgehead atoms. The van der Waals surface area contributed by atoms with Crippen LogP contribution in [0, 0.1) is 5.92 Å². The molecule has 0 saturated carbocycles. The second-order valence-electron chi connectivity index (χ2n) is 15.9. The van der Waals surface area contributed by atoms with Gasteiger partial charge in [0, 0.05) is 23.9 Å². The van der Waals surface area contributed by atoms with Crippen LogP contribution in [-0.2, 0) is 0 Å². The second-order valence-corrected chi connectivity index (χ2v) is 15.9. The molecule has 58 heavy (non-hydrogen) atoms. The molecule has 0 amide bonds. The lowest BCUT2D eigenvalue weighted by Gasteiger charge is -2.26. The van der Waals surface area contributed by atoms with Gasteiger partial charge in [-0.1, -0.05) is 184 Å². The van der Waals surface area contributed by atoms with Crippen molar-refractivity contribution >= 4 is 27.6 Å². The summed E-state index contributed by atoms with van der Waals surface area (Å²) in [5.74, 6) is 0.602. The number of rotatable bonds is 7. The number of hydrogen-bond acceptors (Lipinski definition) is 2. The minimum Gasteiger partial charge on any atom is -0.280 e. The van der Waals surface area contributed by atoms with Crippen molar-refractivity contribution < 1.29 is 0 Å². The van der Waals surface area contributed by atoms with Crippen molar-refractivity contribution in [3.63, 3.8) is 0 Å². The van der Waals surface area contributed by atoms with Crippen molar-refractivity contribution in [2.75, 3.05) is 0 Å². The Bertz CT molecular complexity index is 3030. The Balaban J connectivity index is 1.08. The van der Waals surface area contributed by atoms with Gasteiger partial charge in [0.25, 0.3) is 0 Å². The van der Waals surface area contributed by atoms with Gasteiger partial charge in [-0.2, -0.15) is 0 Å². The first-order valence-electron chi connectivity index (χ1n) is 20.5. The summed E-state index contributed by atoms with van der Waals surface area (Å²) in [5, 5.41) is 7.34. The maximum atomic E-state index is 5.75. The predicted molar refractivity (Wildman–Crippen MR) is 244 cm³/mol. The molecule has 3 atom stereocenters. The average molecular weight is 745 g/mol. The van der Waals surface area contributed by atoms with E-state index in [4.69, 9.17) is 4.99 Å². The lowest BCUT2D eigenvalue weighted by molar-refractivity contribution is 0.413. The van der Waals surface area contributed by atoms with Gasteiger partial charge in [-0.05, 0) is 113 Å². The van der Waals surface area contributed by atoms with E-state index in [2.05, 4.69) is 201 Å². The molecule has 9 aromatic rings. The Morgan fingerprint density at radius 1 is 0.483 bits per heavy atom. The summed E-state index contributed by atoms with van der Waals surface area (Å²) >= 11 is 0. The molecule has 3 unspecified atom stereocenters. The van der Waals surface area contributed by atoms with Crippen molar-refractivity contribution in [3.05, 3.63) is 211 Å². The van der Waals surface area contributed by atoms with Gasteiger partial charge < -0.3 is 0 Å². The van der Waals surface area contributed by atoms with E-state index in [-0.39, 0.29) is 12.0 Å². The molecule has 1 aliphatic heterocycles. The van der Waals surface area contributed by atoms with Crippen LogP contribution in [0.2, 0.25) is 0 Å². The molecule has 2 heteroatoms. The molecule has 10 rings (SSSR count). The quantitative estimate of drug-likeness (QED) is 0.160. The van der Waals surface area contributed by atoms with Gasteiger partial charge in [0.1, 0.15) is 0 Å². The fourth-order valence-corrected chi connectivity index (χ4v) is 9.01. The van der Waals surface area contributed by atoms with Crippen molar-refractivity contribution in [2.45, 2.75) is 32.2 Å². The minimum absolute atomic E-state index is 0.112. The Kier molecular flexibility index (Phi) is 9.31. The summed E-state index contributed by atoms with van der Waals surface area (Å²) in [5.41, 5.74) is 13.3. The molecule has 8 aromatic carbocycles. The Morgan fingerprint density at radius 2 is 1.02 bits per heavy atom. The summed E-state index contributed by atoms with van der Waals surface area (Å²) in [6.45, 7) is 4.71. The summed E-state index contributed by atoms with van der Waals surface area (Å²) in [4.78, 5) is 10.1. The molecule has 2 nitrogen and oxygen atoms in total. The average Bonchev–Trinajstić information content (AvgIpc) is 3.47. The van der Waals surface area contributed by atoms with E-state index in [9.17, 15) is 0 Å². The number of fused-ring (bicyclic) bond motifs is 3. The first kappa shape index (κ1) is 35.5. The van der Waals surface area contributed by atoms with Gasteiger partial charge in [0.2, 0.25) is 0 Å². The third-order valence-corrected chi connectivity index (χ3v) is 12.3. The van der Waals surface area contributed by atoms with Crippen LogP contribution in [0.1, 0.15) is 31.7 Å². The largest absolute Gasteiger partial charge is 0.280 e. The third kappa shape index (κ3) is 6.71. The summed E-state index contributed by atoms with van der Waals surface area (Å²) in [6.07, 6.45) is 7.15. The van der Waals surface area contributed by atoms with Gasteiger partial charge in [0.05, 0.1) is 11.4 Å². The van der Waals surface area contributed by atoms with Gasteiger partial charge in [-0.3, -0.25) is 9.98 Å². The van der Waals surface area contributed by atoms with Crippen LogP contribution in [0.4, 0.5) is 0 Å². The van der Waals surface area contributed by atoms with Gasteiger partial charge in [0.15, 0.2) is 0 Å². The Labute approximate surface area is 340 Å². The molecule has 0 saturated heterocycles. The van der Waals surface area contributed by atoms with Crippen molar-refractivity contribution in [3.8, 4) is 55.6 Å². The highest BCUT2D eigenvalue weighted by Crippen LogP contribution is 2.35. The minimum atomic E-state index is 0.112. The molecule has 1 aliphatic rings. The zero-order chi connectivity index (χ0) is 39.0. The van der Waals surface area contributed by atoms with E-state index in [1.54, 1.807) is 0 Å². The van der Waals surface area contributed by atoms with Crippen molar-refractivity contribution in [1.82, 2.24) is 4.98 Å². The molecule has 0 spiro atoms. The van der Waals surface area contributed by atoms with Gasteiger partial charge in [-0.15, -0.1) is 0 Å². The SMILES string of the molecule is CC1CC=c2cc(-c3ccc(-c4cccc5ccccc45)cc3)cc(-c3ccc(-c4cccc5ccccc45)cc3)c2=NC1C(C)c1ccc(-c2cccnc2)cc1. The molecular formula is C56H44N2. The highest BCUT2D eigenvalue weighted by atomic mass is 14.8. The van der Waals surface area contributed by atoms with Crippen LogP contribution >= 0.6 is 0 Å². The maximum Gasteiger partial charge on any atom is 0.0725 e. The summed E-state index contributed by atoms with van der Waals surface area (Å²) < 4.78 is 0. The summed E-state index contributed by atoms with van der Waals surface area (Å²) in [6, 6.07) is 66.6. The van der Waals surface area contributed by atoms with E-state index in [1.165, 1.54) is 82.4 Å². The molecule has 0 radical (unpaired) electrons. The van der Waals surface area contributed by atoms with Crippen LogP contribution in [-0.4, -0.2) is 11.0 Å². The van der Waals surface area contributed by atoms with Crippen molar-refractivity contribution in [2.24, 2.45) is 10.9 Å². The zero-order valence-corrected chi connectivity index (χ0v) is 32.9. The van der Waals surface area contributed by atoms with Crippen LogP contribution in [0.3, 0.4) is 0 Å². The van der Waals surface area contributed by atoms with Gasteiger partial charge in [-0.25, -0.2) is 0 Å². The molecule has 0 aliphatic carbocycles. The topological polar surface area (TPSA) is 25.2 Å². The smallest absolute Gasteiger partial charge is 0.0725 e. The highest BCUT2D eigenvalue weighted by molar-refractivity contribution is 5.98. The van der Waals surface area contributed by atoms with E-state index in [0.29, 0.717) is 5.92 Å².